The van der Waals surface area contributed by atoms with Gasteiger partial charge < -0.3 is 9.64 Å². The lowest BCUT2D eigenvalue weighted by atomic mass is 10.0. The first-order valence-electron chi connectivity index (χ1n) is 7.74. The van der Waals surface area contributed by atoms with Crippen molar-refractivity contribution < 1.29 is 9.53 Å². The minimum Gasteiger partial charge on any atom is -0.370 e. The quantitative estimate of drug-likeness (QED) is 0.818. The maximum absolute atomic E-state index is 11.8. The van der Waals surface area contributed by atoms with E-state index in [0.717, 1.165) is 22.4 Å². The van der Waals surface area contributed by atoms with Crippen molar-refractivity contribution in [1.82, 2.24) is 9.88 Å². The zero-order valence-corrected chi connectivity index (χ0v) is 13.2. The topological polar surface area (TPSA) is 42.4 Å². The molecule has 0 bridgehead atoms. The molecule has 1 fully saturated rings. The normalized spacial score (nSPS) is 17.8. The van der Waals surface area contributed by atoms with Gasteiger partial charge in [-0.05, 0) is 30.2 Å². The Morgan fingerprint density at radius 1 is 1.35 bits per heavy atom. The Labute approximate surface area is 136 Å². The minimum absolute atomic E-state index is 0.0408. The van der Waals surface area contributed by atoms with Crippen molar-refractivity contribution in [2.45, 2.75) is 13.0 Å². The van der Waals surface area contributed by atoms with Crippen molar-refractivity contribution in [3.63, 3.8) is 0 Å². The molecular weight excluding hydrogens is 288 g/mol. The first-order valence-corrected chi connectivity index (χ1v) is 7.74. The Morgan fingerprint density at radius 2 is 2.13 bits per heavy atom. The molecule has 1 aromatic heterocycles. The fourth-order valence-corrected chi connectivity index (χ4v) is 2.85. The van der Waals surface area contributed by atoms with E-state index in [4.69, 9.17) is 4.74 Å². The molecule has 2 aromatic rings. The maximum atomic E-state index is 11.8. The molecule has 118 valence electrons. The molecule has 4 heteroatoms. The van der Waals surface area contributed by atoms with E-state index in [1.165, 1.54) is 6.08 Å². The molecule has 0 saturated carbocycles. The van der Waals surface area contributed by atoms with Gasteiger partial charge in [0.25, 0.3) is 0 Å². The van der Waals surface area contributed by atoms with Crippen molar-refractivity contribution in [1.29, 1.82) is 0 Å². The van der Waals surface area contributed by atoms with Gasteiger partial charge in [0.2, 0.25) is 5.91 Å². The van der Waals surface area contributed by atoms with Crippen molar-refractivity contribution in [3.8, 4) is 11.1 Å². The van der Waals surface area contributed by atoms with E-state index in [1.807, 2.05) is 13.0 Å². The van der Waals surface area contributed by atoms with E-state index in [0.29, 0.717) is 19.7 Å². The van der Waals surface area contributed by atoms with Gasteiger partial charge in [-0.25, -0.2) is 0 Å². The highest BCUT2D eigenvalue weighted by atomic mass is 16.5. The van der Waals surface area contributed by atoms with E-state index in [1.54, 1.807) is 11.1 Å². The first-order chi connectivity index (χ1) is 11.2. The zero-order valence-electron chi connectivity index (χ0n) is 13.2. The Kier molecular flexibility index (Phi) is 4.53. The second-order valence-corrected chi connectivity index (χ2v) is 5.61. The fraction of sp³-hybridized carbons (Fsp3) is 0.263. The van der Waals surface area contributed by atoms with Crippen LogP contribution in [0.3, 0.4) is 0 Å². The summed E-state index contributed by atoms with van der Waals surface area (Å²) in [7, 11) is 0. The first kappa shape index (κ1) is 15.4. The molecule has 1 saturated heterocycles. The van der Waals surface area contributed by atoms with Gasteiger partial charge in [0.05, 0.1) is 13.2 Å². The van der Waals surface area contributed by atoms with Crippen LogP contribution in [0.1, 0.15) is 17.4 Å². The Morgan fingerprint density at radius 3 is 2.83 bits per heavy atom. The number of hydrogen-bond acceptors (Lipinski definition) is 3. The molecular formula is C19H20N2O2. The van der Waals surface area contributed by atoms with Gasteiger partial charge in [0.15, 0.2) is 0 Å². The van der Waals surface area contributed by atoms with Crippen molar-refractivity contribution in [3.05, 3.63) is 66.5 Å². The molecule has 1 atom stereocenters. The van der Waals surface area contributed by atoms with Gasteiger partial charge >= 0.3 is 0 Å². The largest absolute Gasteiger partial charge is 0.370 e. The number of carbonyl (C=O) groups excluding carboxylic acids is 1. The Balaban J connectivity index is 1.78. The molecule has 1 aromatic carbocycles. The van der Waals surface area contributed by atoms with Crippen LogP contribution in [-0.2, 0) is 9.53 Å². The molecule has 3 rings (SSSR count). The van der Waals surface area contributed by atoms with Crippen LogP contribution in [0.25, 0.3) is 11.1 Å². The summed E-state index contributed by atoms with van der Waals surface area (Å²) < 4.78 is 5.82. The number of benzene rings is 1. The number of nitrogens with zero attached hydrogens (tertiary/aromatic N) is 2. The van der Waals surface area contributed by atoms with E-state index in [9.17, 15) is 4.79 Å². The standard InChI is InChI=1S/C19H20N2O2/c1-3-19(22)21-11-12-23-18(13-21)16-8-6-15(7-9-16)17-5-4-10-20-14(17)2/h3-10,18H,1,11-13H2,2H3/t18-/m0/s1. The summed E-state index contributed by atoms with van der Waals surface area (Å²) in [6, 6.07) is 12.3. The molecule has 0 N–H and O–H groups in total. The summed E-state index contributed by atoms with van der Waals surface area (Å²) in [5.41, 5.74) is 4.36. The highest BCUT2D eigenvalue weighted by Gasteiger charge is 2.24. The average Bonchev–Trinajstić information content (AvgIpc) is 2.62. The van der Waals surface area contributed by atoms with Crippen LogP contribution in [0.2, 0.25) is 0 Å². The SMILES string of the molecule is C=CC(=O)N1CCO[C@H](c2ccc(-c3cccnc3C)cc2)C1. The maximum Gasteiger partial charge on any atom is 0.246 e. The second-order valence-electron chi connectivity index (χ2n) is 5.61. The van der Waals surface area contributed by atoms with Crippen LogP contribution < -0.4 is 0 Å². The van der Waals surface area contributed by atoms with Crippen LogP contribution in [0.4, 0.5) is 0 Å². The summed E-state index contributed by atoms with van der Waals surface area (Å²) in [6.45, 7) is 7.29. The van der Waals surface area contributed by atoms with Gasteiger partial charge in [-0.3, -0.25) is 9.78 Å². The van der Waals surface area contributed by atoms with Crippen LogP contribution >= 0.6 is 0 Å². The molecule has 2 heterocycles. The molecule has 1 aliphatic rings. The number of aromatic nitrogens is 1. The molecule has 1 amide bonds. The highest BCUT2D eigenvalue weighted by molar-refractivity contribution is 5.87. The van der Waals surface area contributed by atoms with Crippen LogP contribution in [0, 0.1) is 6.92 Å². The van der Waals surface area contributed by atoms with Crippen molar-refractivity contribution >= 4 is 5.91 Å². The van der Waals surface area contributed by atoms with Gasteiger partial charge in [0, 0.05) is 24.0 Å². The monoisotopic (exact) mass is 308 g/mol. The fourth-order valence-electron chi connectivity index (χ4n) is 2.85. The van der Waals surface area contributed by atoms with E-state index < -0.39 is 0 Å². The Bertz CT molecular complexity index is 710. The van der Waals surface area contributed by atoms with E-state index >= 15 is 0 Å². The number of carbonyl (C=O) groups is 1. The van der Waals surface area contributed by atoms with Crippen molar-refractivity contribution in [2.24, 2.45) is 0 Å². The van der Waals surface area contributed by atoms with Gasteiger partial charge in [-0.2, -0.15) is 0 Å². The lowest BCUT2D eigenvalue weighted by Crippen LogP contribution is -2.41. The smallest absolute Gasteiger partial charge is 0.246 e. The lowest BCUT2D eigenvalue weighted by molar-refractivity contribution is -0.133. The number of aryl methyl sites for hydroxylation is 1. The van der Waals surface area contributed by atoms with Crippen LogP contribution in [0.15, 0.2) is 55.3 Å². The summed E-state index contributed by atoms with van der Waals surface area (Å²) in [4.78, 5) is 17.9. The molecule has 0 unspecified atom stereocenters. The molecule has 4 nitrogen and oxygen atoms in total. The summed E-state index contributed by atoms with van der Waals surface area (Å²) >= 11 is 0. The third kappa shape index (κ3) is 3.32. The van der Waals surface area contributed by atoms with Gasteiger partial charge in [-0.1, -0.05) is 36.9 Å². The molecule has 23 heavy (non-hydrogen) atoms. The minimum atomic E-state index is -0.0864. The molecule has 0 aliphatic carbocycles. The van der Waals surface area contributed by atoms with Crippen LogP contribution in [0.5, 0.6) is 0 Å². The average molecular weight is 308 g/mol. The molecule has 1 aliphatic heterocycles. The number of hydrogen-bond donors (Lipinski definition) is 0. The number of ether oxygens (including phenoxy) is 1. The highest BCUT2D eigenvalue weighted by Crippen LogP contribution is 2.27. The van der Waals surface area contributed by atoms with E-state index in [2.05, 4.69) is 41.9 Å². The number of morpholine rings is 1. The van der Waals surface area contributed by atoms with Gasteiger partial charge in [-0.15, -0.1) is 0 Å². The van der Waals surface area contributed by atoms with Crippen LogP contribution in [-0.4, -0.2) is 35.5 Å². The van der Waals surface area contributed by atoms with Gasteiger partial charge in [0.1, 0.15) is 6.10 Å². The van der Waals surface area contributed by atoms with Crippen molar-refractivity contribution in [2.75, 3.05) is 19.7 Å². The molecule has 0 radical (unpaired) electrons. The Hall–Kier alpha value is -2.46. The van der Waals surface area contributed by atoms with E-state index in [-0.39, 0.29) is 12.0 Å². The predicted molar refractivity (Wildman–Crippen MR) is 89.9 cm³/mol. The lowest BCUT2D eigenvalue weighted by Gasteiger charge is -2.32. The number of pyridine rings is 1. The summed E-state index contributed by atoms with van der Waals surface area (Å²) in [5, 5.41) is 0. The number of amides is 1. The molecule has 0 spiro atoms. The summed E-state index contributed by atoms with van der Waals surface area (Å²) in [6.07, 6.45) is 3.07. The zero-order chi connectivity index (χ0) is 16.2. The second kappa shape index (κ2) is 6.75. The summed E-state index contributed by atoms with van der Waals surface area (Å²) in [5.74, 6) is -0.0408. The number of rotatable bonds is 3. The third-order valence-electron chi connectivity index (χ3n) is 4.15. The predicted octanol–water partition coefficient (Wildman–Crippen LogP) is 3.14. The third-order valence-corrected chi connectivity index (χ3v) is 4.15.